The van der Waals surface area contributed by atoms with Crippen molar-refractivity contribution >= 4 is 21.6 Å². The van der Waals surface area contributed by atoms with Crippen LogP contribution in [0.15, 0.2) is 48.5 Å². The Kier molecular flexibility index (Phi) is 6.68. The van der Waals surface area contributed by atoms with E-state index in [1.807, 2.05) is 24.3 Å². The molecule has 27 heavy (non-hydrogen) atoms. The van der Waals surface area contributed by atoms with Crippen molar-refractivity contribution in [3.63, 3.8) is 0 Å². The average molecular weight is 392 g/mol. The largest absolute Gasteiger partial charge is 0.497 e. The number of carbonyl (C=O) groups excluding carboxylic acids is 1. The summed E-state index contributed by atoms with van der Waals surface area (Å²) in [6, 6.07) is 13.9. The van der Waals surface area contributed by atoms with Crippen LogP contribution in [0.1, 0.15) is 12.5 Å². The molecule has 0 radical (unpaired) electrons. The van der Waals surface area contributed by atoms with E-state index in [2.05, 4.69) is 5.32 Å². The van der Waals surface area contributed by atoms with E-state index in [4.69, 9.17) is 9.47 Å². The number of methoxy groups -OCH3 is 1. The molecule has 0 aliphatic heterocycles. The number of amides is 1. The zero-order valence-electron chi connectivity index (χ0n) is 15.8. The third-order valence-corrected chi connectivity index (χ3v) is 5.21. The van der Waals surface area contributed by atoms with E-state index in [0.717, 1.165) is 17.6 Å². The highest BCUT2D eigenvalue weighted by atomic mass is 32.2. The second-order valence-corrected chi connectivity index (χ2v) is 8.06. The van der Waals surface area contributed by atoms with Crippen LogP contribution in [-0.4, -0.2) is 40.8 Å². The lowest BCUT2D eigenvalue weighted by Crippen LogP contribution is -2.35. The van der Waals surface area contributed by atoms with Crippen molar-refractivity contribution in [1.82, 2.24) is 5.32 Å². The summed E-state index contributed by atoms with van der Waals surface area (Å²) in [6.45, 7) is 2.04. The number of hydrogen-bond acceptors (Lipinski definition) is 5. The number of anilines is 1. The fraction of sp³-hybridized carbons (Fsp3) is 0.316. The summed E-state index contributed by atoms with van der Waals surface area (Å²) in [5.41, 5.74) is 1.46. The summed E-state index contributed by atoms with van der Waals surface area (Å²) >= 11 is 0. The molecule has 2 aromatic carbocycles. The van der Waals surface area contributed by atoms with Gasteiger partial charge < -0.3 is 14.8 Å². The molecule has 0 saturated carbocycles. The van der Waals surface area contributed by atoms with E-state index in [-0.39, 0.29) is 5.91 Å². The molecule has 1 atom stereocenters. The normalized spacial score (nSPS) is 12.1. The molecular weight excluding hydrogens is 368 g/mol. The number of hydrogen-bond donors (Lipinski definition) is 1. The Hall–Kier alpha value is -2.74. The molecule has 0 fully saturated rings. The summed E-state index contributed by atoms with van der Waals surface area (Å²) in [4.78, 5) is 12.2. The molecule has 0 heterocycles. The Morgan fingerprint density at radius 2 is 1.63 bits per heavy atom. The molecule has 0 aromatic heterocycles. The zero-order valence-corrected chi connectivity index (χ0v) is 16.6. The Bertz CT molecular complexity index is 864. The maximum atomic E-state index is 12.2. The fourth-order valence-corrected chi connectivity index (χ4v) is 2.76. The monoisotopic (exact) mass is 392 g/mol. The Morgan fingerprint density at radius 1 is 1.07 bits per heavy atom. The molecule has 0 spiro atoms. The lowest BCUT2D eigenvalue weighted by molar-refractivity contribution is -0.127. The number of nitrogens with one attached hydrogen (secondary N) is 1. The highest BCUT2D eigenvalue weighted by molar-refractivity contribution is 7.92. The maximum Gasteiger partial charge on any atom is 0.261 e. The topological polar surface area (TPSA) is 84.9 Å². The van der Waals surface area contributed by atoms with Gasteiger partial charge in [0.15, 0.2) is 6.10 Å². The molecule has 1 amide bonds. The van der Waals surface area contributed by atoms with Gasteiger partial charge in [-0.2, -0.15) is 0 Å². The number of nitrogens with zero attached hydrogens (tertiary/aromatic N) is 1. The molecule has 1 N–H and O–H groups in total. The van der Waals surface area contributed by atoms with Gasteiger partial charge >= 0.3 is 0 Å². The lowest BCUT2D eigenvalue weighted by atomic mass is 10.2. The predicted molar refractivity (Wildman–Crippen MR) is 105 cm³/mol. The van der Waals surface area contributed by atoms with E-state index < -0.39 is 16.1 Å². The van der Waals surface area contributed by atoms with Gasteiger partial charge in [-0.15, -0.1) is 0 Å². The number of ether oxygens (including phenoxy) is 2. The van der Waals surface area contributed by atoms with Gasteiger partial charge in [-0.1, -0.05) is 12.1 Å². The second-order valence-electron chi connectivity index (χ2n) is 6.05. The number of rotatable bonds is 8. The van der Waals surface area contributed by atoms with Gasteiger partial charge in [0.1, 0.15) is 11.5 Å². The molecular formula is C19H24N2O5S. The van der Waals surface area contributed by atoms with Crippen LogP contribution in [0.3, 0.4) is 0 Å². The molecule has 7 nitrogen and oxygen atoms in total. The first kappa shape index (κ1) is 20.6. The highest BCUT2D eigenvalue weighted by Crippen LogP contribution is 2.21. The van der Waals surface area contributed by atoms with Gasteiger partial charge in [-0.05, 0) is 48.9 Å². The van der Waals surface area contributed by atoms with Crippen molar-refractivity contribution < 1.29 is 22.7 Å². The van der Waals surface area contributed by atoms with Crippen LogP contribution in [0.4, 0.5) is 5.69 Å². The average Bonchev–Trinajstić information content (AvgIpc) is 2.65. The first-order valence-electron chi connectivity index (χ1n) is 8.32. The van der Waals surface area contributed by atoms with E-state index in [0.29, 0.717) is 18.0 Å². The van der Waals surface area contributed by atoms with Gasteiger partial charge in [0.05, 0.1) is 19.1 Å². The minimum Gasteiger partial charge on any atom is -0.497 e. The standard InChI is InChI=1S/C19H24N2O5S/c1-14(19(22)20-13-15-5-9-17(25-3)10-6-15)26-18-11-7-16(8-12-18)21(2)27(4,23)24/h5-12,14H,13H2,1-4H3,(H,20,22). The minimum atomic E-state index is -3.32. The SMILES string of the molecule is COc1ccc(CNC(=O)C(C)Oc2ccc(N(C)S(C)(=O)=O)cc2)cc1. The first-order valence-corrected chi connectivity index (χ1v) is 10.2. The Labute approximate surface area is 160 Å². The molecule has 0 bridgehead atoms. The van der Waals surface area contributed by atoms with Crippen LogP contribution >= 0.6 is 0 Å². The van der Waals surface area contributed by atoms with Crippen LogP contribution < -0.4 is 19.1 Å². The van der Waals surface area contributed by atoms with E-state index in [9.17, 15) is 13.2 Å². The van der Waals surface area contributed by atoms with E-state index in [1.165, 1.54) is 11.4 Å². The molecule has 146 valence electrons. The fourth-order valence-electron chi connectivity index (χ4n) is 2.26. The summed E-state index contributed by atoms with van der Waals surface area (Å²) in [7, 11) is -0.251. The maximum absolute atomic E-state index is 12.2. The van der Waals surface area contributed by atoms with E-state index in [1.54, 1.807) is 38.3 Å². The van der Waals surface area contributed by atoms with Crippen molar-refractivity contribution in [3.8, 4) is 11.5 Å². The highest BCUT2D eigenvalue weighted by Gasteiger charge is 2.15. The van der Waals surface area contributed by atoms with Crippen LogP contribution in [0.2, 0.25) is 0 Å². The Balaban J connectivity index is 1.89. The summed E-state index contributed by atoms with van der Waals surface area (Å²) in [5, 5.41) is 2.81. The second kappa shape index (κ2) is 8.77. The number of carbonyl (C=O) groups is 1. The molecule has 0 aliphatic rings. The molecule has 1 unspecified atom stereocenters. The number of benzene rings is 2. The predicted octanol–water partition coefficient (Wildman–Crippen LogP) is 2.17. The van der Waals surface area contributed by atoms with Crippen LogP contribution in [0.5, 0.6) is 11.5 Å². The molecule has 8 heteroatoms. The van der Waals surface area contributed by atoms with Crippen molar-refractivity contribution in [2.45, 2.75) is 19.6 Å². The smallest absolute Gasteiger partial charge is 0.261 e. The van der Waals surface area contributed by atoms with Crippen molar-refractivity contribution in [2.75, 3.05) is 24.7 Å². The van der Waals surface area contributed by atoms with Crippen LogP contribution in [0, 0.1) is 0 Å². The Morgan fingerprint density at radius 3 is 2.15 bits per heavy atom. The summed E-state index contributed by atoms with van der Waals surface area (Å²) in [6.07, 6.45) is 0.439. The lowest BCUT2D eigenvalue weighted by Gasteiger charge is -2.18. The van der Waals surface area contributed by atoms with Gasteiger partial charge in [-0.3, -0.25) is 9.10 Å². The van der Waals surface area contributed by atoms with Gasteiger partial charge in [0.2, 0.25) is 10.0 Å². The summed E-state index contributed by atoms with van der Waals surface area (Å²) in [5.74, 6) is 0.989. The van der Waals surface area contributed by atoms with Crippen LogP contribution in [0.25, 0.3) is 0 Å². The third-order valence-electron chi connectivity index (χ3n) is 4.01. The third kappa shape index (κ3) is 5.89. The molecule has 0 aliphatic carbocycles. The molecule has 2 aromatic rings. The van der Waals surface area contributed by atoms with Crippen molar-refractivity contribution in [1.29, 1.82) is 0 Å². The molecule has 0 saturated heterocycles. The van der Waals surface area contributed by atoms with E-state index >= 15 is 0 Å². The minimum absolute atomic E-state index is 0.247. The van der Waals surface area contributed by atoms with Crippen LogP contribution in [-0.2, 0) is 21.4 Å². The quantitative estimate of drug-likeness (QED) is 0.744. The first-order chi connectivity index (χ1) is 12.7. The zero-order chi connectivity index (χ0) is 20.0. The van der Waals surface area contributed by atoms with Gasteiger partial charge in [-0.25, -0.2) is 8.42 Å². The van der Waals surface area contributed by atoms with Gasteiger partial charge in [0, 0.05) is 13.6 Å². The number of sulfonamides is 1. The molecule has 2 rings (SSSR count). The summed E-state index contributed by atoms with van der Waals surface area (Å²) < 4.78 is 35.0. The van der Waals surface area contributed by atoms with Crippen molar-refractivity contribution in [3.05, 3.63) is 54.1 Å². The van der Waals surface area contributed by atoms with Gasteiger partial charge in [0.25, 0.3) is 5.91 Å². The van der Waals surface area contributed by atoms with Crippen molar-refractivity contribution in [2.24, 2.45) is 0 Å².